The van der Waals surface area contributed by atoms with Gasteiger partial charge in [0.25, 0.3) is 6.43 Å². The molecule has 0 aliphatic rings. The van der Waals surface area contributed by atoms with Gasteiger partial charge in [-0.2, -0.15) is 13.2 Å². The highest BCUT2D eigenvalue weighted by Gasteiger charge is 2.33. The Morgan fingerprint density at radius 2 is 1.54 bits per heavy atom. The van der Waals surface area contributed by atoms with Gasteiger partial charge in [-0.15, -0.1) is 0 Å². The quantitative estimate of drug-likeness (QED) is 0.684. The van der Waals surface area contributed by atoms with Crippen LogP contribution in [0.5, 0.6) is 0 Å². The minimum absolute atomic E-state index is 0.975. The maximum atomic E-state index is 11.6. The summed E-state index contributed by atoms with van der Waals surface area (Å²) in [6.07, 6.45) is -14.5. The molecule has 7 heteroatoms. The first-order valence-corrected chi connectivity index (χ1v) is 3.43. The monoisotopic (exact) mass is 208 g/mol. The number of hydrogen-bond acceptors (Lipinski definition) is 2. The van der Waals surface area contributed by atoms with Gasteiger partial charge < -0.3 is 10.2 Å². The summed E-state index contributed by atoms with van der Waals surface area (Å²) in [7, 11) is 0. The minimum atomic E-state index is -4.61. The van der Waals surface area contributed by atoms with E-state index < -0.39 is 37.7 Å². The molecule has 0 radical (unpaired) electrons. The Kier molecular flexibility index (Phi) is 4.55. The smallest absolute Gasteiger partial charge is 0.391 e. The van der Waals surface area contributed by atoms with Crippen molar-refractivity contribution in [2.45, 2.75) is 37.7 Å². The van der Waals surface area contributed by atoms with Gasteiger partial charge in [0.2, 0.25) is 0 Å². The van der Waals surface area contributed by atoms with Crippen LogP contribution in [-0.4, -0.2) is 35.0 Å². The SMILES string of the molecule is OC(CC(O)C(F)F)CC(F)(F)F. The fraction of sp³-hybridized carbons (Fsp3) is 1.00. The predicted octanol–water partition coefficient (Wildman–Crippen LogP) is 1.32. The lowest BCUT2D eigenvalue weighted by Crippen LogP contribution is -2.27. The molecule has 2 nitrogen and oxygen atoms in total. The molecule has 0 amide bonds. The van der Waals surface area contributed by atoms with Gasteiger partial charge in [-0.3, -0.25) is 0 Å². The van der Waals surface area contributed by atoms with Crippen LogP contribution in [0, 0.1) is 0 Å². The molecule has 0 bridgehead atoms. The van der Waals surface area contributed by atoms with E-state index in [4.69, 9.17) is 10.2 Å². The third kappa shape index (κ3) is 6.71. The molecule has 0 rings (SSSR count). The van der Waals surface area contributed by atoms with Gasteiger partial charge in [-0.25, -0.2) is 8.78 Å². The molecule has 0 saturated carbocycles. The van der Waals surface area contributed by atoms with Crippen LogP contribution in [0.2, 0.25) is 0 Å². The number of aliphatic hydroxyl groups is 2. The Morgan fingerprint density at radius 3 is 1.85 bits per heavy atom. The summed E-state index contributed by atoms with van der Waals surface area (Å²) in [5, 5.41) is 17.0. The van der Waals surface area contributed by atoms with Crippen molar-refractivity contribution >= 4 is 0 Å². The molecule has 0 heterocycles. The van der Waals surface area contributed by atoms with Crippen LogP contribution in [0.1, 0.15) is 12.8 Å². The van der Waals surface area contributed by atoms with Gasteiger partial charge in [0.05, 0.1) is 12.5 Å². The van der Waals surface area contributed by atoms with Gasteiger partial charge in [-0.1, -0.05) is 0 Å². The third-order valence-corrected chi connectivity index (χ3v) is 1.27. The average Bonchev–Trinajstić information content (AvgIpc) is 1.81. The zero-order chi connectivity index (χ0) is 10.6. The highest BCUT2D eigenvalue weighted by atomic mass is 19.4. The first kappa shape index (κ1) is 12.6. The molecule has 2 N–H and O–H groups in total. The van der Waals surface area contributed by atoms with E-state index in [2.05, 4.69) is 0 Å². The van der Waals surface area contributed by atoms with Crippen LogP contribution in [0.3, 0.4) is 0 Å². The molecule has 2 unspecified atom stereocenters. The molecule has 80 valence electrons. The van der Waals surface area contributed by atoms with Gasteiger partial charge in [-0.05, 0) is 0 Å². The van der Waals surface area contributed by atoms with E-state index >= 15 is 0 Å². The topological polar surface area (TPSA) is 40.5 Å². The standard InChI is InChI=1S/C6H9F5O2/c7-5(8)4(13)1-3(12)2-6(9,10)11/h3-5,12-13H,1-2H2. The largest absolute Gasteiger partial charge is 0.393 e. The van der Waals surface area contributed by atoms with E-state index in [1.165, 1.54) is 0 Å². The van der Waals surface area contributed by atoms with Crippen molar-refractivity contribution in [3.63, 3.8) is 0 Å². The maximum Gasteiger partial charge on any atom is 0.391 e. The zero-order valence-corrected chi connectivity index (χ0v) is 6.43. The highest BCUT2D eigenvalue weighted by Crippen LogP contribution is 2.23. The summed E-state index contributed by atoms with van der Waals surface area (Å²) < 4.78 is 57.7. The second kappa shape index (κ2) is 4.71. The number of aliphatic hydroxyl groups excluding tert-OH is 2. The summed E-state index contributed by atoms with van der Waals surface area (Å²) in [6.45, 7) is 0. The number of halogens is 5. The van der Waals surface area contributed by atoms with Crippen molar-refractivity contribution in [3.8, 4) is 0 Å². The van der Waals surface area contributed by atoms with Gasteiger partial charge in [0.1, 0.15) is 6.10 Å². The van der Waals surface area contributed by atoms with E-state index in [0.29, 0.717) is 0 Å². The molecule has 13 heavy (non-hydrogen) atoms. The Morgan fingerprint density at radius 1 is 1.08 bits per heavy atom. The molecule has 0 spiro atoms. The molecule has 0 aromatic rings. The van der Waals surface area contributed by atoms with Crippen LogP contribution < -0.4 is 0 Å². The second-order valence-corrected chi connectivity index (χ2v) is 2.61. The van der Waals surface area contributed by atoms with E-state index in [9.17, 15) is 22.0 Å². The van der Waals surface area contributed by atoms with E-state index in [0.717, 1.165) is 0 Å². The zero-order valence-electron chi connectivity index (χ0n) is 6.43. The van der Waals surface area contributed by atoms with Crippen molar-refractivity contribution in [2.75, 3.05) is 0 Å². The lowest BCUT2D eigenvalue weighted by molar-refractivity contribution is -0.158. The number of rotatable bonds is 4. The van der Waals surface area contributed by atoms with Crippen LogP contribution in [0.15, 0.2) is 0 Å². The number of hydrogen-bond donors (Lipinski definition) is 2. The third-order valence-electron chi connectivity index (χ3n) is 1.27. The van der Waals surface area contributed by atoms with E-state index in [-0.39, 0.29) is 0 Å². The first-order valence-electron chi connectivity index (χ1n) is 3.43. The fourth-order valence-electron chi connectivity index (χ4n) is 0.732. The Bertz CT molecular complexity index is 146. The summed E-state index contributed by atoms with van der Waals surface area (Å²) in [5.41, 5.74) is 0. The molecular formula is C6H9F5O2. The lowest BCUT2D eigenvalue weighted by Gasteiger charge is -2.16. The lowest BCUT2D eigenvalue weighted by atomic mass is 10.1. The Hall–Kier alpha value is -0.430. The van der Waals surface area contributed by atoms with Crippen molar-refractivity contribution in [1.29, 1.82) is 0 Å². The summed E-state index contributed by atoms with van der Waals surface area (Å²) >= 11 is 0. The average molecular weight is 208 g/mol. The van der Waals surface area contributed by atoms with Gasteiger partial charge in [0, 0.05) is 6.42 Å². The van der Waals surface area contributed by atoms with Crippen LogP contribution in [-0.2, 0) is 0 Å². The van der Waals surface area contributed by atoms with Crippen molar-refractivity contribution in [1.82, 2.24) is 0 Å². The normalized spacial score (nSPS) is 17.5. The number of alkyl halides is 5. The molecule has 0 aliphatic heterocycles. The Labute approximate surface area is 71.0 Å². The predicted molar refractivity (Wildman–Crippen MR) is 33.3 cm³/mol. The van der Waals surface area contributed by atoms with Gasteiger partial charge in [0.15, 0.2) is 0 Å². The fourth-order valence-corrected chi connectivity index (χ4v) is 0.732. The summed E-state index contributed by atoms with van der Waals surface area (Å²) in [6, 6.07) is 0. The van der Waals surface area contributed by atoms with Crippen LogP contribution in [0.4, 0.5) is 22.0 Å². The van der Waals surface area contributed by atoms with Crippen LogP contribution >= 0.6 is 0 Å². The van der Waals surface area contributed by atoms with Crippen molar-refractivity contribution in [3.05, 3.63) is 0 Å². The van der Waals surface area contributed by atoms with E-state index in [1.807, 2.05) is 0 Å². The summed E-state index contributed by atoms with van der Waals surface area (Å²) in [5.74, 6) is 0. The molecule has 0 aromatic heterocycles. The van der Waals surface area contributed by atoms with Crippen LogP contribution in [0.25, 0.3) is 0 Å². The first-order chi connectivity index (χ1) is 5.72. The molecule has 2 atom stereocenters. The second-order valence-electron chi connectivity index (χ2n) is 2.61. The van der Waals surface area contributed by atoms with E-state index in [1.54, 1.807) is 0 Å². The Balaban J connectivity index is 3.81. The molecule has 0 aromatic carbocycles. The van der Waals surface area contributed by atoms with Gasteiger partial charge >= 0.3 is 6.18 Å². The molecule has 0 fully saturated rings. The molecule has 0 aliphatic carbocycles. The van der Waals surface area contributed by atoms with Crippen molar-refractivity contribution in [2.24, 2.45) is 0 Å². The van der Waals surface area contributed by atoms with Crippen molar-refractivity contribution < 1.29 is 32.2 Å². The summed E-state index contributed by atoms with van der Waals surface area (Å²) in [4.78, 5) is 0. The molecule has 0 saturated heterocycles. The highest BCUT2D eigenvalue weighted by molar-refractivity contribution is 4.68. The molecular weight excluding hydrogens is 199 g/mol. The minimum Gasteiger partial charge on any atom is -0.393 e. The maximum absolute atomic E-state index is 11.6.